The smallest absolute Gasteiger partial charge is 0.253 e. The van der Waals surface area contributed by atoms with Crippen LogP contribution >= 0.6 is 0 Å². The number of likely N-dealkylation sites (N-methyl/N-ethyl adjacent to an activating group) is 1. The lowest BCUT2D eigenvalue weighted by atomic mass is 10.0. The second kappa shape index (κ2) is 7.57. The minimum atomic E-state index is -0.0904. The number of hydrogen-bond donors (Lipinski definition) is 2. The molecule has 0 fully saturated rings. The van der Waals surface area contributed by atoms with E-state index in [-0.39, 0.29) is 12.5 Å². The molecule has 0 unspecified atom stereocenters. The molecule has 1 amide bonds. The summed E-state index contributed by atoms with van der Waals surface area (Å²) in [4.78, 5) is 13.8. The number of amides is 1. The second-order valence-corrected chi connectivity index (χ2v) is 4.14. The molecule has 0 heterocycles. The molecular weight excluding hydrogens is 240 g/mol. The van der Waals surface area contributed by atoms with Crippen LogP contribution in [0.3, 0.4) is 0 Å². The van der Waals surface area contributed by atoms with E-state index < -0.39 is 0 Å². The Morgan fingerprint density at radius 2 is 2.21 bits per heavy atom. The monoisotopic (exact) mass is 260 g/mol. The first kappa shape index (κ1) is 15.2. The molecule has 19 heavy (non-hydrogen) atoms. The van der Waals surface area contributed by atoms with Crippen LogP contribution in [0, 0.1) is 18.8 Å². The van der Waals surface area contributed by atoms with Crippen molar-refractivity contribution in [2.75, 3.05) is 26.2 Å². The third-order valence-electron chi connectivity index (χ3n) is 2.85. The van der Waals surface area contributed by atoms with Gasteiger partial charge in [0.1, 0.15) is 0 Å². The molecule has 0 aromatic heterocycles. The van der Waals surface area contributed by atoms with E-state index in [4.69, 9.17) is 10.8 Å². The zero-order chi connectivity index (χ0) is 14.3. The van der Waals surface area contributed by atoms with Gasteiger partial charge in [0.05, 0.1) is 13.2 Å². The Hall–Kier alpha value is -1.83. The molecule has 0 aliphatic rings. The van der Waals surface area contributed by atoms with Crippen LogP contribution < -0.4 is 5.73 Å². The van der Waals surface area contributed by atoms with Crippen molar-refractivity contribution in [3.8, 4) is 11.8 Å². The molecule has 0 spiro atoms. The van der Waals surface area contributed by atoms with Gasteiger partial charge in [0, 0.05) is 24.2 Å². The van der Waals surface area contributed by atoms with Gasteiger partial charge in [-0.3, -0.25) is 4.79 Å². The van der Waals surface area contributed by atoms with Crippen LogP contribution in [-0.2, 0) is 0 Å². The minimum absolute atomic E-state index is 0.0364. The van der Waals surface area contributed by atoms with E-state index in [1.54, 1.807) is 17.0 Å². The Bertz CT molecular complexity index is 501. The molecule has 102 valence electrons. The lowest BCUT2D eigenvalue weighted by Crippen LogP contribution is -2.33. The highest BCUT2D eigenvalue weighted by Gasteiger charge is 2.14. The fourth-order valence-corrected chi connectivity index (χ4v) is 1.74. The van der Waals surface area contributed by atoms with Gasteiger partial charge in [0.15, 0.2) is 0 Å². The number of aliphatic hydroxyl groups is 1. The molecule has 0 aliphatic carbocycles. The number of nitrogens with zero attached hydrogens (tertiary/aromatic N) is 1. The molecule has 0 radical (unpaired) electrons. The third-order valence-corrected chi connectivity index (χ3v) is 2.85. The van der Waals surface area contributed by atoms with Gasteiger partial charge in [-0.2, -0.15) is 0 Å². The van der Waals surface area contributed by atoms with Gasteiger partial charge in [-0.05, 0) is 31.5 Å². The summed E-state index contributed by atoms with van der Waals surface area (Å²) in [7, 11) is 0. The quantitative estimate of drug-likeness (QED) is 0.785. The number of benzene rings is 1. The Morgan fingerprint density at radius 3 is 2.79 bits per heavy atom. The Kier molecular flexibility index (Phi) is 6.07. The lowest BCUT2D eigenvalue weighted by Gasteiger charge is -2.20. The first-order chi connectivity index (χ1) is 9.13. The van der Waals surface area contributed by atoms with Crippen LogP contribution in [-0.4, -0.2) is 42.2 Å². The number of carbonyl (C=O) groups is 1. The number of aryl methyl sites for hydroxylation is 1. The van der Waals surface area contributed by atoms with E-state index in [0.717, 1.165) is 11.1 Å². The van der Waals surface area contributed by atoms with Crippen LogP contribution in [0.25, 0.3) is 0 Å². The van der Waals surface area contributed by atoms with Crippen molar-refractivity contribution in [2.45, 2.75) is 13.8 Å². The Balaban J connectivity index is 3.04. The van der Waals surface area contributed by atoms with Crippen LogP contribution in [0.5, 0.6) is 0 Å². The molecule has 4 nitrogen and oxygen atoms in total. The number of nitrogens with two attached hydrogens (primary N) is 1. The van der Waals surface area contributed by atoms with Crippen molar-refractivity contribution in [1.82, 2.24) is 4.90 Å². The fraction of sp³-hybridized carbons (Fsp3) is 0.400. The average molecular weight is 260 g/mol. The van der Waals surface area contributed by atoms with Crippen LogP contribution in [0.2, 0.25) is 0 Å². The van der Waals surface area contributed by atoms with Crippen molar-refractivity contribution in [1.29, 1.82) is 0 Å². The average Bonchev–Trinajstić information content (AvgIpc) is 2.43. The predicted molar refractivity (Wildman–Crippen MR) is 75.8 cm³/mol. The summed E-state index contributed by atoms with van der Waals surface area (Å²) in [5.41, 5.74) is 7.77. The van der Waals surface area contributed by atoms with Gasteiger partial charge >= 0.3 is 0 Å². The molecule has 0 aliphatic heterocycles. The van der Waals surface area contributed by atoms with Crippen molar-refractivity contribution in [3.05, 3.63) is 34.9 Å². The summed E-state index contributed by atoms with van der Waals surface area (Å²) >= 11 is 0. The summed E-state index contributed by atoms with van der Waals surface area (Å²) in [6.07, 6.45) is 0. The molecular formula is C15H20N2O2. The van der Waals surface area contributed by atoms with E-state index >= 15 is 0 Å². The summed E-state index contributed by atoms with van der Waals surface area (Å²) in [6.45, 7) is 5.00. The highest BCUT2D eigenvalue weighted by atomic mass is 16.3. The molecule has 0 atom stereocenters. The fourth-order valence-electron chi connectivity index (χ4n) is 1.74. The third kappa shape index (κ3) is 4.09. The maximum Gasteiger partial charge on any atom is 0.253 e. The minimum Gasteiger partial charge on any atom is -0.395 e. The Morgan fingerprint density at radius 1 is 1.47 bits per heavy atom. The first-order valence-corrected chi connectivity index (χ1v) is 6.33. The van der Waals surface area contributed by atoms with E-state index in [9.17, 15) is 4.79 Å². The topological polar surface area (TPSA) is 66.6 Å². The summed E-state index contributed by atoms with van der Waals surface area (Å²) in [6, 6.07) is 5.44. The summed E-state index contributed by atoms with van der Waals surface area (Å²) in [5.74, 6) is 5.66. The van der Waals surface area contributed by atoms with Crippen molar-refractivity contribution in [2.24, 2.45) is 5.73 Å². The number of rotatable bonds is 4. The number of carbonyl (C=O) groups excluding carboxylic acids is 1. The molecule has 0 saturated carbocycles. The first-order valence-electron chi connectivity index (χ1n) is 6.33. The summed E-state index contributed by atoms with van der Waals surface area (Å²) in [5, 5.41) is 8.95. The number of hydrogen-bond acceptors (Lipinski definition) is 3. The summed E-state index contributed by atoms with van der Waals surface area (Å²) < 4.78 is 0. The molecule has 3 N–H and O–H groups in total. The van der Waals surface area contributed by atoms with Gasteiger partial charge in [-0.1, -0.05) is 17.9 Å². The van der Waals surface area contributed by atoms with Gasteiger partial charge in [-0.15, -0.1) is 0 Å². The molecule has 1 aromatic carbocycles. The normalized spacial score (nSPS) is 9.68. The largest absolute Gasteiger partial charge is 0.395 e. The van der Waals surface area contributed by atoms with E-state index in [0.29, 0.717) is 25.2 Å². The van der Waals surface area contributed by atoms with Gasteiger partial charge in [-0.25, -0.2) is 0 Å². The zero-order valence-electron chi connectivity index (χ0n) is 11.4. The molecule has 4 heteroatoms. The standard InChI is InChI=1S/C15H20N2O2/c1-3-17(9-10-18)15(19)14-7-6-12(2)13(11-14)5-4-8-16/h6-7,11,18H,3,8-10,16H2,1-2H3. The lowest BCUT2D eigenvalue weighted by molar-refractivity contribution is 0.0732. The van der Waals surface area contributed by atoms with E-state index in [1.165, 1.54) is 0 Å². The van der Waals surface area contributed by atoms with Crippen molar-refractivity contribution >= 4 is 5.91 Å². The Labute approximate surface area is 114 Å². The van der Waals surface area contributed by atoms with Crippen LogP contribution in [0.15, 0.2) is 18.2 Å². The zero-order valence-corrected chi connectivity index (χ0v) is 11.4. The maximum absolute atomic E-state index is 12.2. The second-order valence-electron chi connectivity index (χ2n) is 4.14. The van der Waals surface area contributed by atoms with E-state index in [2.05, 4.69) is 11.8 Å². The van der Waals surface area contributed by atoms with Crippen molar-refractivity contribution in [3.63, 3.8) is 0 Å². The molecule has 0 saturated heterocycles. The van der Waals surface area contributed by atoms with E-state index in [1.807, 2.05) is 19.9 Å². The van der Waals surface area contributed by atoms with Gasteiger partial charge in [0.25, 0.3) is 5.91 Å². The number of aliphatic hydroxyl groups excluding tert-OH is 1. The highest BCUT2D eigenvalue weighted by molar-refractivity contribution is 5.94. The molecule has 1 rings (SSSR count). The SMILES string of the molecule is CCN(CCO)C(=O)c1ccc(C)c(C#CCN)c1. The van der Waals surface area contributed by atoms with Gasteiger partial charge < -0.3 is 15.7 Å². The molecule has 0 bridgehead atoms. The highest BCUT2D eigenvalue weighted by Crippen LogP contribution is 2.12. The maximum atomic E-state index is 12.2. The van der Waals surface area contributed by atoms with Crippen LogP contribution in [0.1, 0.15) is 28.4 Å². The molecule has 1 aromatic rings. The van der Waals surface area contributed by atoms with Gasteiger partial charge in [0.2, 0.25) is 0 Å². The predicted octanol–water partition coefficient (Wildman–Crippen LogP) is 0.760. The van der Waals surface area contributed by atoms with Crippen molar-refractivity contribution < 1.29 is 9.90 Å². The van der Waals surface area contributed by atoms with Crippen LogP contribution in [0.4, 0.5) is 0 Å².